The second kappa shape index (κ2) is 7.57. The SMILES string of the molecule is C[N+](C)(Cl)CC(O)COC1CCCCCCC1. The number of aliphatic hydroxyl groups is 1. The molecule has 0 aromatic heterocycles. The third-order valence-corrected chi connectivity index (χ3v) is 3.36. The number of likely N-dealkylation sites (N-methyl/N-ethyl adjacent to an activating group) is 1. The molecule has 1 saturated carbocycles. The van der Waals surface area contributed by atoms with Gasteiger partial charge in [0.1, 0.15) is 12.6 Å². The van der Waals surface area contributed by atoms with Gasteiger partial charge in [0.05, 0.1) is 26.8 Å². The smallest absolute Gasteiger partial charge is 0.164 e. The fourth-order valence-corrected chi connectivity index (χ4v) is 2.55. The Morgan fingerprint density at radius 1 is 1.18 bits per heavy atom. The zero-order valence-electron chi connectivity index (χ0n) is 11.2. The van der Waals surface area contributed by atoms with Crippen molar-refractivity contribution in [3.63, 3.8) is 0 Å². The van der Waals surface area contributed by atoms with Gasteiger partial charge in [0.15, 0.2) is 11.8 Å². The Bertz CT molecular complexity index is 198. The van der Waals surface area contributed by atoms with Crippen molar-refractivity contribution in [2.45, 2.75) is 57.2 Å². The number of nitrogens with zero attached hydrogens (tertiary/aromatic N) is 1. The maximum absolute atomic E-state index is 9.82. The van der Waals surface area contributed by atoms with Gasteiger partial charge in [-0.2, -0.15) is 0 Å². The van der Waals surface area contributed by atoms with Gasteiger partial charge in [-0.05, 0) is 12.8 Å². The van der Waals surface area contributed by atoms with E-state index in [9.17, 15) is 5.11 Å². The van der Waals surface area contributed by atoms with Crippen LogP contribution in [0.2, 0.25) is 0 Å². The van der Waals surface area contributed by atoms with Crippen molar-refractivity contribution in [3.8, 4) is 0 Å². The van der Waals surface area contributed by atoms with Gasteiger partial charge in [0.25, 0.3) is 0 Å². The molecule has 0 radical (unpaired) electrons. The highest BCUT2D eigenvalue weighted by Crippen LogP contribution is 2.19. The summed E-state index contributed by atoms with van der Waals surface area (Å²) in [5.41, 5.74) is 0. The van der Waals surface area contributed by atoms with Crippen LogP contribution in [0.25, 0.3) is 0 Å². The van der Waals surface area contributed by atoms with Crippen LogP contribution in [0.1, 0.15) is 44.9 Å². The molecule has 0 saturated heterocycles. The Labute approximate surface area is 110 Å². The molecule has 1 N–H and O–H groups in total. The number of rotatable bonds is 5. The number of ether oxygens (including phenoxy) is 1. The number of hydrogen-bond acceptors (Lipinski definition) is 2. The minimum Gasteiger partial charge on any atom is -0.385 e. The molecule has 1 fully saturated rings. The molecule has 0 aromatic carbocycles. The van der Waals surface area contributed by atoms with Gasteiger partial charge in [-0.15, -0.1) is 0 Å². The molecule has 0 heterocycles. The molecule has 0 amide bonds. The van der Waals surface area contributed by atoms with E-state index in [0.29, 0.717) is 19.3 Å². The largest absolute Gasteiger partial charge is 0.385 e. The van der Waals surface area contributed by atoms with E-state index in [2.05, 4.69) is 0 Å². The van der Waals surface area contributed by atoms with Crippen molar-refractivity contribution in [3.05, 3.63) is 0 Å². The van der Waals surface area contributed by atoms with Gasteiger partial charge in [0, 0.05) is 0 Å². The van der Waals surface area contributed by atoms with Crippen LogP contribution < -0.4 is 0 Å². The summed E-state index contributed by atoms with van der Waals surface area (Å²) in [7, 11) is 3.72. The number of halogens is 1. The zero-order valence-corrected chi connectivity index (χ0v) is 12.0. The van der Waals surface area contributed by atoms with E-state index in [-0.39, 0.29) is 4.00 Å². The van der Waals surface area contributed by atoms with Crippen molar-refractivity contribution in [1.29, 1.82) is 0 Å². The van der Waals surface area contributed by atoms with Crippen LogP contribution >= 0.6 is 11.8 Å². The molecular formula is C13H27ClNO2+. The van der Waals surface area contributed by atoms with Gasteiger partial charge >= 0.3 is 0 Å². The highest BCUT2D eigenvalue weighted by atomic mass is 35.5. The van der Waals surface area contributed by atoms with Crippen LogP contribution in [0, 0.1) is 0 Å². The molecule has 4 heteroatoms. The van der Waals surface area contributed by atoms with E-state index in [1.807, 2.05) is 14.1 Å². The van der Waals surface area contributed by atoms with Gasteiger partial charge in [0.2, 0.25) is 0 Å². The van der Waals surface area contributed by atoms with Gasteiger partial charge in [-0.3, -0.25) is 0 Å². The first-order valence-corrected chi connectivity index (χ1v) is 7.13. The Balaban J connectivity index is 2.19. The van der Waals surface area contributed by atoms with Crippen molar-refractivity contribution < 1.29 is 13.8 Å². The van der Waals surface area contributed by atoms with E-state index in [0.717, 1.165) is 12.8 Å². The highest BCUT2D eigenvalue weighted by Gasteiger charge is 2.20. The second-order valence-electron chi connectivity index (χ2n) is 5.67. The second-order valence-corrected chi connectivity index (χ2v) is 6.59. The van der Waals surface area contributed by atoms with Crippen molar-refractivity contribution in [1.82, 2.24) is 0 Å². The molecule has 1 unspecified atom stereocenters. The summed E-state index contributed by atoms with van der Waals surface area (Å²) in [5.74, 6) is 0. The highest BCUT2D eigenvalue weighted by molar-refractivity contribution is 6.06. The van der Waals surface area contributed by atoms with Crippen LogP contribution in [-0.2, 0) is 4.74 Å². The molecule has 0 aliphatic heterocycles. The average Bonchev–Trinajstić information content (AvgIpc) is 2.13. The molecule has 0 spiro atoms. The molecule has 0 aromatic rings. The third-order valence-electron chi connectivity index (χ3n) is 3.22. The lowest BCUT2D eigenvalue weighted by atomic mass is 9.98. The molecular weight excluding hydrogens is 238 g/mol. The first-order chi connectivity index (χ1) is 7.97. The Kier molecular flexibility index (Phi) is 6.78. The standard InChI is InChI=1S/C13H27ClNO2/c1-15(2,14)10-12(16)11-17-13-8-6-4-3-5-7-9-13/h12-13,16H,3-11H2,1-2H3/q+1. The van der Waals surface area contributed by atoms with E-state index < -0.39 is 6.10 Å². The molecule has 1 aliphatic carbocycles. The lowest BCUT2D eigenvalue weighted by Crippen LogP contribution is -2.39. The molecule has 1 aliphatic rings. The maximum atomic E-state index is 9.82. The first-order valence-electron chi connectivity index (χ1n) is 6.80. The summed E-state index contributed by atoms with van der Waals surface area (Å²) < 4.78 is 6.07. The molecule has 1 atom stereocenters. The van der Waals surface area contributed by atoms with Crippen LogP contribution in [0.4, 0.5) is 0 Å². The summed E-state index contributed by atoms with van der Waals surface area (Å²) in [5, 5.41) is 9.82. The summed E-state index contributed by atoms with van der Waals surface area (Å²) in [6.07, 6.45) is 8.71. The van der Waals surface area contributed by atoms with Crippen LogP contribution in [0.3, 0.4) is 0 Å². The molecule has 102 valence electrons. The van der Waals surface area contributed by atoms with Crippen LogP contribution in [0.5, 0.6) is 0 Å². The molecule has 3 nitrogen and oxygen atoms in total. The van der Waals surface area contributed by atoms with Crippen molar-refractivity contribution >= 4 is 11.8 Å². The van der Waals surface area contributed by atoms with Crippen molar-refractivity contribution in [2.75, 3.05) is 27.2 Å². The number of quaternary nitrogens is 1. The number of hydrogen-bond donors (Lipinski definition) is 1. The average molecular weight is 265 g/mol. The van der Waals surface area contributed by atoms with E-state index in [1.165, 1.54) is 32.1 Å². The quantitative estimate of drug-likeness (QED) is 0.774. The predicted molar refractivity (Wildman–Crippen MR) is 70.9 cm³/mol. The lowest BCUT2D eigenvalue weighted by molar-refractivity contribution is -0.776. The molecule has 0 bridgehead atoms. The van der Waals surface area contributed by atoms with Gasteiger partial charge in [-0.25, -0.2) is 4.00 Å². The third kappa shape index (κ3) is 7.98. The van der Waals surface area contributed by atoms with Gasteiger partial charge in [-0.1, -0.05) is 32.1 Å². The Morgan fingerprint density at radius 3 is 2.24 bits per heavy atom. The molecule has 17 heavy (non-hydrogen) atoms. The summed E-state index contributed by atoms with van der Waals surface area (Å²) in [6.45, 7) is 0.938. The Morgan fingerprint density at radius 2 is 1.71 bits per heavy atom. The summed E-state index contributed by atoms with van der Waals surface area (Å²) in [6, 6.07) is 0. The van der Waals surface area contributed by atoms with Crippen molar-refractivity contribution in [2.24, 2.45) is 0 Å². The first kappa shape index (κ1) is 15.2. The molecule has 1 rings (SSSR count). The van der Waals surface area contributed by atoms with E-state index in [1.54, 1.807) is 0 Å². The summed E-state index contributed by atoms with van der Waals surface area (Å²) >= 11 is 6.02. The van der Waals surface area contributed by atoms with E-state index in [4.69, 9.17) is 16.5 Å². The normalized spacial score (nSPS) is 21.9. The predicted octanol–water partition coefficient (Wildman–Crippen LogP) is 2.71. The fraction of sp³-hybridized carbons (Fsp3) is 1.00. The number of aliphatic hydroxyl groups excluding tert-OH is 1. The maximum Gasteiger partial charge on any atom is 0.164 e. The summed E-state index contributed by atoms with van der Waals surface area (Å²) in [4.78, 5) is 0. The monoisotopic (exact) mass is 264 g/mol. The minimum atomic E-state index is -0.465. The van der Waals surface area contributed by atoms with Crippen LogP contribution in [0.15, 0.2) is 0 Å². The minimum absolute atomic E-state index is 0.259. The Hall–Kier alpha value is 0.170. The topological polar surface area (TPSA) is 29.5 Å². The lowest BCUT2D eigenvalue weighted by Gasteiger charge is -2.24. The van der Waals surface area contributed by atoms with E-state index >= 15 is 0 Å². The van der Waals surface area contributed by atoms with Crippen LogP contribution in [-0.4, -0.2) is 48.6 Å². The fourth-order valence-electron chi connectivity index (χ4n) is 2.39. The van der Waals surface area contributed by atoms with Gasteiger partial charge < -0.3 is 9.84 Å². The zero-order chi connectivity index (χ0) is 12.7.